The number of phenolic OH excluding ortho intramolecular Hbond substituents is 1. The topological polar surface area (TPSA) is 128 Å². The molecule has 3 heterocycles. The average molecular weight is 463 g/mol. The van der Waals surface area contributed by atoms with Crippen molar-refractivity contribution in [1.82, 2.24) is 25.3 Å². The van der Waals surface area contributed by atoms with Crippen molar-refractivity contribution in [1.29, 1.82) is 0 Å². The minimum absolute atomic E-state index is 0.0793. The number of ether oxygens (including phenoxy) is 1. The van der Waals surface area contributed by atoms with Gasteiger partial charge in [0.15, 0.2) is 12.2 Å². The van der Waals surface area contributed by atoms with Gasteiger partial charge in [0.1, 0.15) is 41.8 Å². The second-order valence-electron chi connectivity index (χ2n) is 6.77. The molecule has 0 unspecified atom stereocenters. The number of phenols is 1. The van der Waals surface area contributed by atoms with E-state index in [4.69, 9.17) is 9.15 Å². The van der Waals surface area contributed by atoms with Crippen molar-refractivity contribution < 1.29 is 36.6 Å². The molecule has 0 aliphatic heterocycles. The largest absolute Gasteiger partial charge is 0.508 e. The van der Waals surface area contributed by atoms with Crippen LogP contribution in [0.2, 0.25) is 0 Å². The standard InChI is InChI=1S/C20H16F3N5O5/c21-20(22,23)18-16(25-11-32-18)7-24-19(30)17-5-4-15(33-17)9-28-8-12(26-27-28)10-31-14-3-1-2-13(29)6-14/h1-6,8,11,29H,7,9-10H2,(H,24,30). The van der Waals surface area contributed by atoms with E-state index in [2.05, 4.69) is 25.0 Å². The fourth-order valence-electron chi connectivity index (χ4n) is 2.83. The zero-order valence-corrected chi connectivity index (χ0v) is 16.7. The molecule has 3 aromatic heterocycles. The summed E-state index contributed by atoms with van der Waals surface area (Å²) in [5, 5.41) is 19.7. The zero-order chi connectivity index (χ0) is 23.4. The first kappa shape index (κ1) is 21.9. The van der Waals surface area contributed by atoms with Crippen molar-refractivity contribution in [3.05, 3.63) is 77.7 Å². The first-order chi connectivity index (χ1) is 15.8. The highest BCUT2D eigenvalue weighted by molar-refractivity contribution is 5.91. The van der Waals surface area contributed by atoms with Gasteiger partial charge in [-0.05, 0) is 24.3 Å². The minimum atomic E-state index is -4.71. The maximum atomic E-state index is 12.8. The molecule has 0 aliphatic carbocycles. The summed E-state index contributed by atoms with van der Waals surface area (Å²) in [4.78, 5) is 15.7. The Labute approximate surface area is 183 Å². The van der Waals surface area contributed by atoms with Gasteiger partial charge in [0.05, 0.1) is 12.7 Å². The number of aromatic nitrogens is 4. The van der Waals surface area contributed by atoms with Gasteiger partial charge in [-0.1, -0.05) is 11.3 Å². The van der Waals surface area contributed by atoms with Gasteiger partial charge in [0.2, 0.25) is 5.76 Å². The summed E-state index contributed by atoms with van der Waals surface area (Å²) < 4.78 is 55.2. The SMILES string of the molecule is O=C(NCc1ncoc1C(F)(F)F)c1ccc(Cn2cc(COc3cccc(O)c3)nn2)o1. The normalized spacial score (nSPS) is 11.5. The summed E-state index contributed by atoms with van der Waals surface area (Å²) in [7, 11) is 0. The van der Waals surface area contributed by atoms with E-state index >= 15 is 0 Å². The molecule has 10 nitrogen and oxygen atoms in total. The first-order valence-corrected chi connectivity index (χ1v) is 9.45. The number of amides is 1. The van der Waals surface area contributed by atoms with E-state index in [9.17, 15) is 23.1 Å². The highest BCUT2D eigenvalue weighted by Gasteiger charge is 2.38. The van der Waals surface area contributed by atoms with Crippen molar-refractivity contribution in [3.8, 4) is 11.5 Å². The molecule has 0 aliphatic rings. The van der Waals surface area contributed by atoms with Gasteiger partial charge < -0.3 is 24.0 Å². The highest BCUT2D eigenvalue weighted by Crippen LogP contribution is 2.31. The lowest BCUT2D eigenvalue weighted by molar-refractivity contribution is -0.153. The minimum Gasteiger partial charge on any atom is -0.508 e. The third-order valence-electron chi connectivity index (χ3n) is 4.31. The molecule has 33 heavy (non-hydrogen) atoms. The van der Waals surface area contributed by atoms with Crippen LogP contribution in [0.4, 0.5) is 13.2 Å². The van der Waals surface area contributed by atoms with Crippen molar-refractivity contribution >= 4 is 5.91 Å². The van der Waals surface area contributed by atoms with Gasteiger partial charge in [-0.25, -0.2) is 9.67 Å². The number of halogens is 3. The molecule has 172 valence electrons. The number of nitrogens with zero attached hydrogens (tertiary/aromatic N) is 4. The number of oxazole rings is 1. The molecular formula is C20H16F3N5O5. The molecule has 0 fully saturated rings. The third-order valence-corrected chi connectivity index (χ3v) is 4.31. The number of aromatic hydroxyl groups is 1. The van der Waals surface area contributed by atoms with Crippen LogP contribution in [0.25, 0.3) is 0 Å². The Kier molecular flexibility index (Phi) is 6.02. The van der Waals surface area contributed by atoms with Crippen LogP contribution in [-0.2, 0) is 25.9 Å². The van der Waals surface area contributed by atoms with Crippen molar-refractivity contribution in [2.24, 2.45) is 0 Å². The highest BCUT2D eigenvalue weighted by atomic mass is 19.4. The molecule has 0 saturated carbocycles. The molecule has 0 atom stereocenters. The lowest BCUT2D eigenvalue weighted by Gasteiger charge is -2.05. The maximum Gasteiger partial charge on any atom is 0.451 e. The van der Waals surface area contributed by atoms with Gasteiger partial charge >= 0.3 is 6.18 Å². The fraction of sp³-hybridized carbons (Fsp3) is 0.200. The molecule has 0 saturated heterocycles. The molecule has 4 aromatic rings. The van der Waals surface area contributed by atoms with Crippen molar-refractivity contribution in [2.45, 2.75) is 25.9 Å². The molecule has 2 N–H and O–H groups in total. The molecule has 0 bridgehead atoms. The lowest BCUT2D eigenvalue weighted by Crippen LogP contribution is -2.24. The summed E-state index contributed by atoms with van der Waals surface area (Å²) in [5.41, 5.74) is 0.0849. The van der Waals surface area contributed by atoms with Gasteiger partial charge in [-0.2, -0.15) is 13.2 Å². The maximum absolute atomic E-state index is 12.8. The van der Waals surface area contributed by atoms with Crippen LogP contribution in [-0.4, -0.2) is 31.0 Å². The number of hydrogen-bond acceptors (Lipinski definition) is 8. The second kappa shape index (κ2) is 9.06. The monoisotopic (exact) mass is 463 g/mol. The Bertz CT molecular complexity index is 1250. The summed E-state index contributed by atoms with van der Waals surface area (Å²) in [6, 6.07) is 9.25. The Morgan fingerprint density at radius 1 is 1.24 bits per heavy atom. The molecule has 4 rings (SSSR count). The number of alkyl halides is 3. The average Bonchev–Trinajstić information content (AvgIpc) is 3.51. The third kappa shape index (κ3) is 5.50. The number of carbonyl (C=O) groups excluding carboxylic acids is 1. The van der Waals surface area contributed by atoms with Crippen LogP contribution in [0.5, 0.6) is 11.5 Å². The second-order valence-corrected chi connectivity index (χ2v) is 6.77. The Morgan fingerprint density at radius 3 is 2.88 bits per heavy atom. The van der Waals surface area contributed by atoms with Crippen LogP contribution in [0.3, 0.4) is 0 Å². The quantitative estimate of drug-likeness (QED) is 0.408. The Balaban J connectivity index is 1.31. The van der Waals surface area contributed by atoms with Gasteiger partial charge in [-0.15, -0.1) is 5.10 Å². The van der Waals surface area contributed by atoms with E-state index in [0.717, 1.165) is 0 Å². The van der Waals surface area contributed by atoms with Crippen LogP contribution < -0.4 is 10.1 Å². The summed E-state index contributed by atoms with van der Waals surface area (Å²) in [6.45, 7) is -0.197. The predicted molar refractivity (Wildman–Crippen MR) is 103 cm³/mol. The van der Waals surface area contributed by atoms with Crippen LogP contribution >= 0.6 is 0 Å². The van der Waals surface area contributed by atoms with E-state index in [1.165, 1.54) is 28.9 Å². The lowest BCUT2D eigenvalue weighted by atomic mass is 10.3. The zero-order valence-electron chi connectivity index (χ0n) is 16.7. The number of benzene rings is 1. The Morgan fingerprint density at radius 2 is 2.09 bits per heavy atom. The van der Waals surface area contributed by atoms with Gasteiger partial charge in [-0.3, -0.25) is 4.79 Å². The molecular weight excluding hydrogens is 447 g/mol. The van der Waals surface area contributed by atoms with Gasteiger partial charge in [0, 0.05) is 6.07 Å². The first-order valence-electron chi connectivity index (χ1n) is 9.45. The Hall–Kier alpha value is -4.29. The van der Waals surface area contributed by atoms with Crippen LogP contribution in [0.1, 0.15) is 33.5 Å². The summed E-state index contributed by atoms with van der Waals surface area (Å²) >= 11 is 0. The fourth-order valence-corrected chi connectivity index (χ4v) is 2.83. The molecule has 0 spiro atoms. The number of hydrogen-bond donors (Lipinski definition) is 2. The van der Waals surface area contributed by atoms with Gasteiger partial charge in [0.25, 0.3) is 5.91 Å². The van der Waals surface area contributed by atoms with Crippen molar-refractivity contribution in [2.75, 3.05) is 0 Å². The van der Waals surface area contributed by atoms with E-state index < -0.39 is 30.1 Å². The molecule has 0 radical (unpaired) electrons. The summed E-state index contributed by atoms with van der Waals surface area (Å²) in [6.07, 6.45) is -2.43. The van der Waals surface area contributed by atoms with Crippen molar-refractivity contribution in [3.63, 3.8) is 0 Å². The summed E-state index contributed by atoms with van der Waals surface area (Å²) in [5.74, 6) is -1.14. The van der Waals surface area contributed by atoms with Crippen LogP contribution in [0, 0.1) is 0 Å². The van der Waals surface area contributed by atoms with E-state index in [0.29, 0.717) is 23.6 Å². The number of rotatable bonds is 8. The number of carbonyl (C=O) groups is 1. The number of furan rings is 1. The number of nitrogens with one attached hydrogen (secondary N) is 1. The van der Waals surface area contributed by atoms with E-state index in [-0.39, 0.29) is 24.7 Å². The molecule has 13 heteroatoms. The van der Waals surface area contributed by atoms with E-state index in [1.54, 1.807) is 18.3 Å². The molecule has 1 amide bonds. The van der Waals surface area contributed by atoms with E-state index in [1.807, 2.05) is 0 Å². The van der Waals surface area contributed by atoms with Crippen LogP contribution in [0.15, 0.2) is 57.8 Å². The predicted octanol–water partition coefficient (Wildman–Crippen LogP) is 3.14. The smallest absolute Gasteiger partial charge is 0.451 e. The molecule has 1 aromatic carbocycles.